The first-order valence-electron chi connectivity index (χ1n) is 15.9. The first kappa shape index (κ1) is 31.2. The third kappa shape index (κ3) is 6.05. The van der Waals surface area contributed by atoms with Gasteiger partial charge in [-0.3, -0.25) is 0 Å². The van der Waals surface area contributed by atoms with Crippen molar-refractivity contribution in [3.63, 3.8) is 0 Å². The molecular weight excluding hydrogens is 528 g/mol. The Bertz CT molecular complexity index is 1140. The van der Waals surface area contributed by atoms with Crippen LogP contribution in [0, 0.1) is 10.8 Å². The van der Waals surface area contributed by atoms with Gasteiger partial charge in [0, 0.05) is 24.0 Å². The van der Waals surface area contributed by atoms with Crippen molar-refractivity contribution in [1.82, 2.24) is 0 Å². The number of furan rings is 3. The highest BCUT2D eigenvalue weighted by Gasteiger charge is 2.49. The molecule has 3 aliphatic heterocycles. The van der Waals surface area contributed by atoms with Crippen molar-refractivity contribution in [2.24, 2.45) is 10.8 Å². The maximum atomic E-state index is 6.56. The maximum Gasteiger partial charge on any atom is 0.117 e. The Hall–Kier alpha value is -2.28. The predicted molar refractivity (Wildman–Crippen MR) is 164 cm³/mol. The largest absolute Gasteiger partial charge is 0.468 e. The average Bonchev–Trinajstić information content (AvgIpc) is 3.83. The molecule has 0 saturated carbocycles. The Morgan fingerprint density at radius 2 is 0.952 bits per heavy atom. The van der Waals surface area contributed by atoms with E-state index in [1.807, 2.05) is 36.4 Å². The second-order valence-electron chi connectivity index (χ2n) is 14.7. The number of hydrogen-bond donors (Lipinski definition) is 0. The number of rotatable bonds is 8. The summed E-state index contributed by atoms with van der Waals surface area (Å²) in [6.07, 6.45) is 11.9. The minimum atomic E-state index is -0.305. The fourth-order valence-electron chi connectivity index (χ4n) is 7.00. The summed E-state index contributed by atoms with van der Waals surface area (Å²) < 4.78 is 35.7. The van der Waals surface area contributed by atoms with Gasteiger partial charge in [0.2, 0.25) is 0 Å². The van der Waals surface area contributed by atoms with E-state index in [0.29, 0.717) is 24.4 Å². The molecular formula is C36H52O6. The van der Waals surface area contributed by atoms with Crippen LogP contribution >= 0.6 is 0 Å². The van der Waals surface area contributed by atoms with E-state index in [-0.39, 0.29) is 21.7 Å². The van der Waals surface area contributed by atoms with Crippen molar-refractivity contribution >= 4 is 0 Å². The Labute approximate surface area is 252 Å². The van der Waals surface area contributed by atoms with E-state index in [1.165, 1.54) is 25.7 Å². The normalized spacial score (nSPS) is 25.5. The Kier molecular flexibility index (Phi) is 8.91. The third-order valence-electron chi connectivity index (χ3n) is 10.3. The average molecular weight is 581 g/mol. The molecule has 0 aliphatic carbocycles. The topological polar surface area (TPSA) is 67.1 Å². The molecule has 4 unspecified atom stereocenters. The quantitative estimate of drug-likeness (QED) is 0.265. The van der Waals surface area contributed by atoms with Gasteiger partial charge in [-0.2, -0.15) is 0 Å². The molecule has 0 N–H and O–H groups in total. The zero-order valence-electron chi connectivity index (χ0n) is 27.0. The maximum absolute atomic E-state index is 6.56. The summed E-state index contributed by atoms with van der Waals surface area (Å²) in [6, 6.07) is 11.8. The lowest BCUT2D eigenvalue weighted by molar-refractivity contribution is -0.131. The minimum Gasteiger partial charge on any atom is -0.468 e. The van der Waals surface area contributed by atoms with E-state index < -0.39 is 0 Å². The van der Waals surface area contributed by atoms with Crippen molar-refractivity contribution in [3.8, 4) is 0 Å². The van der Waals surface area contributed by atoms with Crippen LogP contribution in [0.2, 0.25) is 0 Å². The monoisotopic (exact) mass is 580 g/mol. The van der Waals surface area contributed by atoms with E-state index in [2.05, 4.69) is 55.4 Å². The minimum absolute atomic E-state index is 0.123. The lowest BCUT2D eigenvalue weighted by atomic mass is 9.77. The molecule has 3 aliphatic rings. The highest BCUT2D eigenvalue weighted by Crippen LogP contribution is 2.47. The first-order chi connectivity index (χ1) is 19.8. The van der Waals surface area contributed by atoms with Crippen LogP contribution in [-0.4, -0.2) is 37.6 Å². The molecule has 3 aromatic heterocycles. The van der Waals surface area contributed by atoms with Gasteiger partial charge in [0.1, 0.15) is 23.0 Å². The van der Waals surface area contributed by atoms with Gasteiger partial charge in [0.15, 0.2) is 0 Å². The van der Waals surface area contributed by atoms with Crippen molar-refractivity contribution in [2.75, 3.05) is 13.2 Å². The van der Waals surface area contributed by atoms with Gasteiger partial charge in [-0.25, -0.2) is 0 Å². The summed E-state index contributed by atoms with van der Waals surface area (Å²) in [5.74, 6) is 3.54. The van der Waals surface area contributed by atoms with Gasteiger partial charge in [0.05, 0.1) is 47.8 Å². The summed E-state index contributed by atoms with van der Waals surface area (Å²) in [5, 5.41) is 0. The van der Waals surface area contributed by atoms with Crippen LogP contribution in [0.4, 0.5) is 0 Å². The Morgan fingerprint density at radius 1 is 0.524 bits per heavy atom. The second kappa shape index (κ2) is 12.0. The van der Waals surface area contributed by atoms with Crippen LogP contribution in [0.5, 0.6) is 0 Å². The summed E-state index contributed by atoms with van der Waals surface area (Å²) in [4.78, 5) is 0. The smallest absolute Gasteiger partial charge is 0.117 e. The second-order valence-corrected chi connectivity index (χ2v) is 14.7. The molecule has 42 heavy (non-hydrogen) atoms. The van der Waals surface area contributed by atoms with Gasteiger partial charge in [-0.1, -0.05) is 27.7 Å². The third-order valence-corrected chi connectivity index (χ3v) is 10.3. The van der Waals surface area contributed by atoms with Gasteiger partial charge in [0.25, 0.3) is 0 Å². The van der Waals surface area contributed by atoms with Gasteiger partial charge in [-0.15, -0.1) is 0 Å². The Morgan fingerprint density at radius 3 is 1.29 bits per heavy atom. The van der Waals surface area contributed by atoms with Crippen LogP contribution in [0.1, 0.15) is 117 Å². The van der Waals surface area contributed by atoms with Crippen LogP contribution in [0.3, 0.4) is 0 Å². The van der Waals surface area contributed by atoms with Crippen LogP contribution in [0.15, 0.2) is 62.2 Å². The molecule has 3 saturated heterocycles. The summed E-state index contributed by atoms with van der Waals surface area (Å²) in [6.45, 7) is 19.5. The first-order valence-corrected chi connectivity index (χ1v) is 15.9. The van der Waals surface area contributed by atoms with Crippen molar-refractivity contribution < 1.29 is 27.5 Å². The number of hydrogen-bond acceptors (Lipinski definition) is 6. The molecule has 0 spiro atoms. The van der Waals surface area contributed by atoms with E-state index in [9.17, 15) is 0 Å². The van der Waals surface area contributed by atoms with Gasteiger partial charge < -0.3 is 27.5 Å². The van der Waals surface area contributed by atoms with E-state index in [0.717, 1.165) is 49.1 Å². The predicted octanol–water partition coefficient (Wildman–Crippen LogP) is 9.06. The van der Waals surface area contributed by atoms with Crippen molar-refractivity contribution in [3.05, 3.63) is 72.0 Å². The van der Waals surface area contributed by atoms with Crippen molar-refractivity contribution in [1.29, 1.82) is 0 Å². The molecule has 0 aromatic carbocycles. The molecule has 6 heteroatoms. The fourth-order valence-corrected chi connectivity index (χ4v) is 7.00. The molecule has 6 heterocycles. The summed E-state index contributed by atoms with van der Waals surface area (Å²) >= 11 is 0. The van der Waals surface area contributed by atoms with Crippen LogP contribution in [0.25, 0.3) is 0 Å². The highest BCUT2D eigenvalue weighted by atomic mass is 16.5. The zero-order valence-corrected chi connectivity index (χ0v) is 27.0. The van der Waals surface area contributed by atoms with E-state index in [1.54, 1.807) is 12.5 Å². The molecule has 3 aromatic rings. The summed E-state index contributed by atoms with van der Waals surface area (Å²) in [7, 11) is 0. The SMILES string of the molecule is CC(C)(C1CCCO1)C1CCC(C(C)(C)C2CCCO2)O1.CC(C)(c1ccco1)c1ccc(C(C)(C)c2ccco2)o1. The molecule has 0 radical (unpaired) electrons. The van der Waals surface area contributed by atoms with Crippen molar-refractivity contribution in [2.45, 2.75) is 129 Å². The molecule has 232 valence electrons. The molecule has 4 atom stereocenters. The highest BCUT2D eigenvalue weighted by molar-refractivity contribution is 5.31. The zero-order chi connectivity index (χ0) is 30.2. The molecule has 0 amide bonds. The molecule has 6 rings (SSSR count). The lowest BCUT2D eigenvalue weighted by Crippen LogP contribution is -2.44. The van der Waals surface area contributed by atoms with Gasteiger partial charge in [-0.05, 0) is 103 Å². The van der Waals surface area contributed by atoms with Gasteiger partial charge >= 0.3 is 0 Å². The van der Waals surface area contributed by atoms with Crippen LogP contribution < -0.4 is 0 Å². The van der Waals surface area contributed by atoms with E-state index >= 15 is 0 Å². The van der Waals surface area contributed by atoms with Crippen LogP contribution in [-0.2, 0) is 25.0 Å². The number of ether oxygens (including phenoxy) is 3. The molecule has 3 fully saturated rings. The standard InChI is InChI=1S/C18H32O3.C18H20O3/c2*1-17(2,13-7-5-11-19-13)15-9-10-16(21-15)18(3,4)14-8-6-12-20-14/h13-16H,5-12H2,1-4H3;5-12H,1-4H3. The van der Waals surface area contributed by atoms with E-state index in [4.69, 9.17) is 27.5 Å². The lowest BCUT2D eigenvalue weighted by Gasteiger charge is -2.40. The molecule has 6 nitrogen and oxygen atoms in total. The fraction of sp³-hybridized carbons (Fsp3) is 0.667. The summed E-state index contributed by atoms with van der Waals surface area (Å²) in [5.41, 5.74) is -0.363. The Balaban J connectivity index is 0.000000168. The molecule has 0 bridgehead atoms.